The highest BCUT2D eigenvalue weighted by molar-refractivity contribution is 7.96. The molecule has 10 heavy (non-hydrogen) atoms. The van der Waals surface area contributed by atoms with Crippen LogP contribution in [-0.4, -0.2) is 19.9 Å². The Labute approximate surface area is 61.2 Å². The molecule has 0 unspecified atom stereocenters. The van der Waals surface area contributed by atoms with Gasteiger partial charge in [-0.15, -0.1) is 0 Å². The molecule has 0 radical (unpaired) electrons. The summed E-state index contributed by atoms with van der Waals surface area (Å²) in [7, 11) is -3.26. The molecule has 0 spiro atoms. The van der Waals surface area contributed by atoms with E-state index >= 15 is 0 Å². The van der Waals surface area contributed by atoms with Crippen molar-refractivity contribution in [3.8, 4) is 0 Å². The fraction of sp³-hybridized carbons (Fsp3) is 0.500. The SMILES string of the molecule is C=C(C=N)S(=O)(=O)C(C)C. The summed E-state index contributed by atoms with van der Waals surface area (Å²) in [6.07, 6.45) is 0.759. The first-order chi connectivity index (χ1) is 4.42. The molecule has 0 fully saturated rings. The number of hydrogen-bond donors (Lipinski definition) is 1. The number of sulfone groups is 1. The average Bonchev–Trinajstić information content (AvgIpc) is 1.86. The number of hydrogen-bond acceptors (Lipinski definition) is 3. The van der Waals surface area contributed by atoms with Crippen molar-refractivity contribution in [2.24, 2.45) is 0 Å². The molecule has 0 aliphatic carbocycles. The molecular formula is C6H11NO2S. The lowest BCUT2D eigenvalue weighted by Crippen LogP contribution is -2.15. The largest absolute Gasteiger partial charge is 0.307 e. The van der Waals surface area contributed by atoms with Crippen molar-refractivity contribution in [2.75, 3.05) is 0 Å². The van der Waals surface area contributed by atoms with Gasteiger partial charge in [0.05, 0.1) is 10.2 Å². The van der Waals surface area contributed by atoms with Crippen LogP contribution in [-0.2, 0) is 9.84 Å². The zero-order valence-corrected chi connectivity index (χ0v) is 6.90. The summed E-state index contributed by atoms with van der Waals surface area (Å²) in [6.45, 7) is 6.35. The monoisotopic (exact) mass is 161 g/mol. The topological polar surface area (TPSA) is 58.0 Å². The van der Waals surface area contributed by atoms with Crippen LogP contribution in [0.15, 0.2) is 11.5 Å². The Morgan fingerprint density at radius 1 is 1.60 bits per heavy atom. The summed E-state index contributed by atoms with van der Waals surface area (Å²) in [5.41, 5.74) is 0. The maximum atomic E-state index is 11.0. The van der Waals surface area contributed by atoms with E-state index < -0.39 is 15.1 Å². The Balaban J connectivity index is 4.77. The van der Waals surface area contributed by atoms with Gasteiger partial charge in [0.25, 0.3) is 0 Å². The first-order valence-electron chi connectivity index (χ1n) is 2.86. The van der Waals surface area contributed by atoms with Crippen molar-refractivity contribution in [3.05, 3.63) is 11.5 Å². The van der Waals surface area contributed by atoms with E-state index in [4.69, 9.17) is 5.41 Å². The summed E-state index contributed by atoms with van der Waals surface area (Å²) in [6, 6.07) is 0. The maximum Gasteiger partial charge on any atom is 0.181 e. The standard InChI is InChI=1S/C6H11NO2S/c1-5(2)10(8,9)6(3)4-7/h4-5,7H,3H2,1-2H3. The van der Waals surface area contributed by atoms with Gasteiger partial charge in [0.15, 0.2) is 9.84 Å². The van der Waals surface area contributed by atoms with E-state index in [1.807, 2.05) is 0 Å². The van der Waals surface area contributed by atoms with Gasteiger partial charge in [-0.25, -0.2) is 8.42 Å². The molecule has 58 valence electrons. The van der Waals surface area contributed by atoms with E-state index in [2.05, 4.69) is 6.58 Å². The Kier molecular flexibility index (Phi) is 2.77. The predicted molar refractivity (Wildman–Crippen MR) is 42.0 cm³/mol. The molecule has 0 amide bonds. The van der Waals surface area contributed by atoms with Gasteiger partial charge in [-0.2, -0.15) is 0 Å². The van der Waals surface area contributed by atoms with Gasteiger partial charge in [-0.3, -0.25) is 0 Å². The van der Waals surface area contributed by atoms with Crippen LogP contribution in [0.2, 0.25) is 0 Å². The third-order valence-corrected chi connectivity index (χ3v) is 3.24. The van der Waals surface area contributed by atoms with Crippen LogP contribution in [0, 0.1) is 5.41 Å². The van der Waals surface area contributed by atoms with E-state index in [9.17, 15) is 8.42 Å². The van der Waals surface area contributed by atoms with Crippen LogP contribution in [0.3, 0.4) is 0 Å². The van der Waals surface area contributed by atoms with Gasteiger partial charge < -0.3 is 5.41 Å². The van der Waals surface area contributed by atoms with E-state index in [1.165, 1.54) is 0 Å². The van der Waals surface area contributed by atoms with Crippen LogP contribution < -0.4 is 0 Å². The Morgan fingerprint density at radius 2 is 2.00 bits per heavy atom. The summed E-state index contributed by atoms with van der Waals surface area (Å²) in [5.74, 6) is 0. The second kappa shape index (κ2) is 2.96. The molecule has 0 aromatic heterocycles. The Hall–Kier alpha value is -0.640. The minimum absolute atomic E-state index is 0.123. The fourth-order valence-electron chi connectivity index (χ4n) is 0.385. The van der Waals surface area contributed by atoms with Crippen LogP contribution in [0.1, 0.15) is 13.8 Å². The third kappa shape index (κ3) is 1.67. The highest BCUT2D eigenvalue weighted by atomic mass is 32.2. The summed E-state index contributed by atoms with van der Waals surface area (Å²) < 4.78 is 22.0. The number of rotatable bonds is 3. The van der Waals surface area contributed by atoms with Gasteiger partial charge in [0, 0.05) is 6.21 Å². The van der Waals surface area contributed by atoms with Crippen LogP contribution in [0.5, 0.6) is 0 Å². The van der Waals surface area contributed by atoms with E-state index in [0.29, 0.717) is 0 Å². The molecule has 0 heterocycles. The number of nitrogens with one attached hydrogen (secondary N) is 1. The molecule has 1 N–H and O–H groups in total. The lowest BCUT2D eigenvalue weighted by atomic mass is 10.6. The summed E-state index contributed by atoms with van der Waals surface area (Å²) in [4.78, 5) is -0.123. The smallest absolute Gasteiger partial charge is 0.181 e. The van der Waals surface area contributed by atoms with Crippen molar-refractivity contribution >= 4 is 16.1 Å². The molecule has 0 aromatic rings. The second-order valence-electron chi connectivity index (χ2n) is 2.20. The molecule has 0 bridgehead atoms. The first kappa shape index (κ1) is 9.36. The molecule has 4 heteroatoms. The Morgan fingerprint density at radius 3 is 2.10 bits per heavy atom. The van der Waals surface area contributed by atoms with Gasteiger partial charge in [-0.05, 0) is 13.8 Å². The van der Waals surface area contributed by atoms with Crippen molar-refractivity contribution in [1.82, 2.24) is 0 Å². The molecule has 0 aliphatic heterocycles. The van der Waals surface area contributed by atoms with E-state index in [0.717, 1.165) is 6.21 Å². The molecule has 0 aliphatic rings. The fourth-order valence-corrected chi connectivity index (χ4v) is 1.15. The van der Waals surface area contributed by atoms with Crippen LogP contribution in [0.4, 0.5) is 0 Å². The zero-order valence-electron chi connectivity index (χ0n) is 6.09. The molecule has 0 saturated heterocycles. The first-order valence-corrected chi connectivity index (χ1v) is 4.41. The minimum Gasteiger partial charge on any atom is -0.307 e. The molecule has 0 atom stereocenters. The quantitative estimate of drug-likeness (QED) is 0.627. The maximum absolute atomic E-state index is 11.0. The Bertz CT molecular complexity index is 238. The highest BCUT2D eigenvalue weighted by Gasteiger charge is 2.17. The lowest BCUT2D eigenvalue weighted by Gasteiger charge is -2.04. The molecule has 0 rings (SSSR count). The second-order valence-corrected chi connectivity index (χ2v) is 4.76. The highest BCUT2D eigenvalue weighted by Crippen LogP contribution is 2.08. The normalized spacial score (nSPS) is 11.5. The zero-order chi connectivity index (χ0) is 8.36. The summed E-state index contributed by atoms with van der Waals surface area (Å²) in [5, 5.41) is 6.17. The summed E-state index contributed by atoms with van der Waals surface area (Å²) >= 11 is 0. The van der Waals surface area contributed by atoms with Gasteiger partial charge >= 0.3 is 0 Å². The van der Waals surface area contributed by atoms with E-state index in [1.54, 1.807) is 13.8 Å². The van der Waals surface area contributed by atoms with Gasteiger partial charge in [0.1, 0.15) is 0 Å². The average molecular weight is 161 g/mol. The van der Waals surface area contributed by atoms with Gasteiger partial charge in [-0.1, -0.05) is 6.58 Å². The van der Waals surface area contributed by atoms with E-state index in [-0.39, 0.29) is 4.91 Å². The van der Waals surface area contributed by atoms with Crippen molar-refractivity contribution in [2.45, 2.75) is 19.1 Å². The van der Waals surface area contributed by atoms with Crippen molar-refractivity contribution in [3.63, 3.8) is 0 Å². The molecule has 3 nitrogen and oxygen atoms in total. The van der Waals surface area contributed by atoms with Gasteiger partial charge in [0.2, 0.25) is 0 Å². The van der Waals surface area contributed by atoms with Crippen molar-refractivity contribution in [1.29, 1.82) is 5.41 Å². The number of allylic oxidation sites excluding steroid dienone is 1. The van der Waals surface area contributed by atoms with Crippen LogP contribution >= 0.6 is 0 Å². The predicted octanol–water partition coefficient (Wildman–Crippen LogP) is 0.973. The third-order valence-electron chi connectivity index (χ3n) is 1.15. The lowest BCUT2D eigenvalue weighted by molar-refractivity contribution is 0.595. The molecule has 0 aromatic carbocycles. The molecule has 0 saturated carbocycles. The van der Waals surface area contributed by atoms with Crippen molar-refractivity contribution < 1.29 is 8.42 Å². The molecular weight excluding hydrogens is 150 g/mol. The van der Waals surface area contributed by atoms with Crippen LogP contribution in [0.25, 0.3) is 0 Å². The minimum atomic E-state index is -3.26.